The number of hydrogen-bond acceptors (Lipinski definition) is 3. The van der Waals surface area contributed by atoms with E-state index in [0.29, 0.717) is 13.1 Å². The van der Waals surface area contributed by atoms with Crippen molar-refractivity contribution in [2.75, 3.05) is 13.1 Å². The molecular formula is C18H26N4O. The Labute approximate surface area is 138 Å². The Morgan fingerprint density at radius 1 is 1.30 bits per heavy atom. The van der Waals surface area contributed by atoms with Crippen molar-refractivity contribution >= 4 is 5.91 Å². The van der Waals surface area contributed by atoms with Crippen molar-refractivity contribution < 1.29 is 4.79 Å². The van der Waals surface area contributed by atoms with Crippen molar-refractivity contribution in [3.05, 3.63) is 54.1 Å². The van der Waals surface area contributed by atoms with Crippen molar-refractivity contribution in [3.8, 4) is 0 Å². The van der Waals surface area contributed by atoms with E-state index in [1.165, 1.54) is 5.56 Å². The molecule has 0 unspecified atom stereocenters. The SMILES string of the molecule is CCN(CC(=O)NC(C)C)Cc1nccn1Cc1ccccc1. The van der Waals surface area contributed by atoms with Crippen molar-refractivity contribution in [2.45, 2.75) is 39.9 Å². The van der Waals surface area contributed by atoms with Gasteiger partial charge in [-0.1, -0.05) is 37.3 Å². The number of hydrogen-bond donors (Lipinski definition) is 1. The van der Waals surface area contributed by atoms with Crippen LogP contribution in [0.25, 0.3) is 0 Å². The molecule has 1 N–H and O–H groups in total. The highest BCUT2D eigenvalue weighted by molar-refractivity contribution is 5.78. The summed E-state index contributed by atoms with van der Waals surface area (Å²) in [5.41, 5.74) is 1.24. The molecule has 1 aromatic carbocycles. The molecule has 124 valence electrons. The van der Waals surface area contributed by atoms with E-state index in [0.717, 1.165) is 18.9 Å². The van der Waals surface area contributed by atoms with Gasteiger partial charge in [-0.2, -0.15) is 0 Å². The third-order valence-electron chi connectivity index (χ3n) is 3.63. The standard InChI is InChI=1S/C18H26N4O/c1-4-21(14-18(23)20-15(2)3)13-17-19-10-11-22(17)12-16-8-6-5-7-9-16/h5-11,15H,4,12-14H2,1-3H3,(H,20,23). The van der Waals surface area contributed by atoms with Crippen molar-refractivity contribution in [2.24, 2.45) is 0 Å². The Morgan fingerprint density at radius 3 is 2.70 bits per heavy atom. The van der Waals surface area contributed by atoms with Gasteiger partial charge in [0, 0.05) is 25.0 Å². The molecule has 0 aliphatic heterocycles. The van der Waals surface area contributed by atoms with Crippen LogP contribution in [0.15, 0.2) is 42.7 Å². The van der Waals surface area contributed by atoms with Crippen LogP contribution < -0.4 is 5.32 Å². The van der Waals surface area contributed by atoms with E-state index >= 15 is 0 Å². The molecule has 0 bridgehead atoms. The molecule has 2 rings (SSSR count). The molecule has 0 saturated carbocycles. The van der Waals surface area contributed by atoms with Crippen molar-refractivity contribution in [3.63, 3.8) is 0 Å². The fourth-order valence-electron chi connectivity index (χ4n) is 2.47. The van der Waals surface area contributed by atoms with E-state index in [1.807, 2.05) is 44.4 Å². The zero-order valence-corrected chi connectivity index (χ0v) is 14.2. The van der Waals surface area contributed by atoms with Gasteiger partial charge in [0.1, 0.15) is 5.82 Å². The van der Waals surface area contributed by atoms with E-state index in [4.69, 9.17) is 0 Å². The summed E-state index contributed by atoms with van der Waals surface area (Å²) in [4.78, 5) is 18.5. The molecule has 0 spiro atoms. The quantitative estimate of drug-likeness (QED) is 0.813. The van der Waals surface area contributed by atoms with E-state index in [-0.39, 0.29) is 11.9 Å². The molecule has 5 nitrogen and oxygen atoms in total. The van der Waals surface area contributed by atoms with Crippen LogP contribution in [0.2, 0.25) is 0 Å². The minimum atomic E-state index is 0.0583. The summed E-state index contributed by atoms with van der Waals surface area (Å²) in [6.45, 7) is 8.68. The Morgan fingerprint density at radius 2 is 2.04 bits per heavy atom. The maximum absolute atomic E-state index is 11.9. The van der Waals surface area contributed by atoms with Gasteiger partial charge in [0.25, 0.3) is 0 Å². The molecule has 1 amide bonds. The number of benzene rings is 1. The largest absolute Gasteiger partial charge is 0.353 e. The molecule has 0 atom stereocenters. The van der Waals surface area contributed by atoms with Crippen LogP contribution >= 0.6 is 0 Å². The number of nitrogens with one attached hydrogen (secondary N) is 1. The molecule has 5 heteroatoms. The first-order valence-electron chi connectivity index (χ1n) is 8.14. The number of nitrogens with zero attached hydrogens (tertiary/aromatic N) is 3. The van der Waals surface area contributed by atoms with E-state index in [9.17, 15) is 4.79 Å². The third kappa shape index (κ3) is 5.53. The molecule has 1 aromatic heterocycles. The second kappa shape index (κ2) is 8.48. The first-order valence-corrected chi connectivity index (χ1v) is 8.14. The highest BCUT2D eigenvalue weighted by Gasteiger charge is 2.13. The van der Waals surface area contributed by atoms with E-state index in [2.05, 4.69) is 38.8 Å². The molecule has 0 fully saturated rings. The van der Waals surface area contributed by atoms with Crippen LogP contribution in [0.4, 0.5) is 0 Å². The summed E-state index contributed by atoms with van der Waals surface area (Å²) in [6.07, 6.45) is 3.81. The monoisotopic (exact) mass is 314 g/mol. The number of rotatable bonds is 8. The number of carbonyl (C=O) groups excluding carboxylic acids is 1. The first-order chi connectivity index (χ1) is 11.1. The lowest BCUT2D eigenvalue weighted by Crippen LogP contribution is -2.40. The number of imidazole rings is 1. The zero-order valence-electron chi connectivity index (χ0n) is 14.2. The summed E-state index contributed by atoms with van der Waals surface area (Å²) in [7, 11) is 0. The van der Waals surface area contributed by atoms with Gasteiger partial charge in [-0.25, -0.2) is 4.98 Å². The highest BCUT2D eigenvalue weighted by atomic mass is 16.2. The molecule has 1 heterocycles. The fraction of sp³-hybridized carbons (Fsp3) is 0.444. The topological polar surface area (TPSA) is 50.2 Å². The van der Waals surface area contributed by atoms with Crippen LogP contribution in [-0.4, -0.2) is 39.5 Å². The van der Waals surface area contributed by atoms with Gasteiger partial charge in [0.2, 0.25) is 5.91 Å². The van der Waals surface area contributed by atoms with E-state index < -0.39 is 0 Å². The Hall–Kier alpha value is -2.14. The maximum Gasteiger partial charge on any atom is 0.234 e. The third-order valence-corrected chi connectivity index (χ3v) is 3.63. The minimum Gasteiger partial charge on any atom is -0.353 e. The van der Waals surface area contributed by atoms with Gasteiger partial charge >= 0.3 is 0 Å². The fourth-order valence-corrected chi connectivity index (χ4v) is 2.47. The highest BCUT2D eigenvalue weighted by Crippen LogP contribution is 2.08. The average molecular weight is 314 g/mol. The lowest BCUT2D eigenvalue weighted by molar-refractivity contribution is -0.122. The molecule has 0 aliphatic carbocycles. The second-order valence-corrected chi connectivity index (χ2v) is 5.98. The van der Waals surface area contributed by atoms with Crippen LogP contribution in [0.5, 0.6) is 0 Å². The Balaban J connectivity index is 1.99. The summed E-state index contributed by atoms with van der Waals surface area (Å²) in [5, 5.41) is 2.93. The van der Waals surface area contributed by atoms with Gasteiger partial charge in [0.15, 0.2) is 0 Å². The lowest BCUT2D eigenvalue weighted by Gasteiger charge is -2.21. The van der Waals surface area contributed by atoms with Gasteiger partial charge in [-0.15, -0.1) is 0 Å². The van der Waals surface area contributed by atoms with Gasteiger partial charge in [-0.3, -0.25) is 9.69 Å². The molecule has 0 radical (unpaired) electrons. The molecule has 0 aliphatic rings. The summed E-state index contributed by atoms with van der Waals surface area (Å²) in [6, 6.07) is 10.5. The van der Waals surface area contributed by atoms with Crippen LogP contribution in [0, 0.1) is 0 Å². The predicted octanol–water partition coefficient (Wildman–Crippen LogP) is 2.28. The average Bonchev–Trinajstić information content (AvgIpc) is 2.93. The lowest BCUT2D eigenvalue weighted by atomic mass is 10.2. The van der Waals surface area contributed by atoms with Gasteiger partial charge in [-0.05, 0) is 26.0 Å². The second-order valence-electron chi connectivity index (χ2n) is 5.98. The maximum atomic E-state index is 11.9. The van der Waals surface area contributed by atoms with Gasteiger partial charge < -0.3 is 9.88 Å². The zero-order chi connectivity index (χ0) is 16.7. The molecule has 0 saturated heterocycles. The van der Waals surface area contributed by atoms with Crippen LogP contribution in [0.3, 0.4) is 0 Å². The van der Waals surface area contributed by atoms with Gasteiger partial charge in [0.05, 0.1) is 13.1 Å². The number of amides is 1. The van der Waals surface area contributed by atoms with E-state index in [1.54, 1.807) is 0 Å². The van der Waals surface area contributed by atoms with Crippen LogP contribution in [-0.2, 0) is 17.9 Å². The number of carbonyl (C=O) groups is 1. The van der Waals surface area contributed by atoms with Crippen molar-refractivity contribution in [1.82, 2.24) is 19.8 Å². The molecular weight excluding hydrogens is 288 g/mol. The summed E-state index contributed by atoms with van der Waals surface area (Å²) >= 11 is 0. The Bertz CT molecular complexity index is 606. The normalized spacial score (nSPS) is 11.2. The minimum absolute atomic E-state index is 0.0583. The Kier molecular flexibility index (Phi) is 6.35. The van der Waals surface area contributed by atoms with Crippen molar-refractivity contribution in [1.29, 1.82) is 0 Å². The number of likely N-dealkylation sites (N-methyl/N-ethyl adjacent to an activating group) is 1. The predicted molar refractivity (Wildman–Crippen MR) is 92.0 cm³/mol. The number of aromatic nitrogens is 2. The summed E-state index contributed by atoms with van der Waals surface area (Å²) in [5.74, 6) is 1.04. The van der Waals surface area contributed by atoms with Crippen LogP contribution in [0.1, 0.15) is 32.2 Å². The molecule has 23 heavy (non-hydrogen) atoms. The smallest absolute Gasteiger partial charge is 0.234 e. The summed E-state index contributed by atoms with van der Waals surface area (Å²) < 4.78 is 2.14. The first kappa shape index (κ1) is 17.2. The molecule has 2 aromatic rings.